The van der Waals surface area contributed by atoms with Crippen LogP contribution in [0, 0.1) is 15.9 Å². The lowest BCUT2D eigenvalue weighted by molar-refractivity contribution is -0.383. The van der Waals surface area contributed by atoms with Crippen LogP contribution in [0.1, 0.15) is 26.2 Å². The first-order valence-electron chi connectivity index (χ1n) is 10.1. The predicted octanol–water partition coefficient (Wildman–Crippen LogP) is 3.23. The molecule has 1 unspecified atom stereocenters. The smallest absolute Gasteiger partial charge is 0.353 e. The van der Waals surface area contributed by atoms with E-state index in [1.54, 1.807) is 12.1 Å². The van der Waals surface area contributed by atoms with Crippen LogP contribution >= 0.6 is 0 Å². The highest BCUT2D eigenvalue weighted by atomic mass is 19.1. The molecule has 3 heterocycles. The summed E-state index contributed by atoms with van der Waals surface area (Å²) in [6.45, 7) is 5.43. The zero-order chi connectivity index (χ0) is 20.4. The van der Waals surface area contributed by atoms with E-state index in [1.165, 1.54) is 18.5 Å². The Hall–Kier alpha value is -2.97. The summed E-state index contributed by atoms with van der Waals surface area (Å²) in [6.07, 6.45) is 4.59. The second-order valence-electron chi connectivity index (χ2n) is 7.62. The van der Waals surface area contributed by atoms with Gasteiger partial charge in [0.05, 0.1) is 4.92 Å². The molecule has 0 saturated carbocycles. The van der Waals surface area contributed by atoms with Crippen molar-refractivity contribution in [2.75, 3.05) is 47.4 Å². The molecule has 1 atom stereocenters. The highest BCUT2D eigenvalue weighted by Crippen LogP contribution is 2.37. The molecule has 1 aromatic carbocycles. The topological polar surface area (TPSA) is 78.6 Å². The summed E-state index contributed by atoms with van der Waals surface area (Å²) >= 11 is 0. The maximum absolute atomic E-state index is 13.2. The molecule has 8 nitrogen and oxygen atoms in total. The van der Waals surface area contributed by atoms with Gasteiger partial charge in [0.2, 0.25) is 11.6 Å². The van der Waals surface area contributed by atoms with Crippen LogP contribution in [-0.4, -0.2) is 53.7 Å². The van der Waals surface area contributed by atoms with Crippen molar-refractivity contribution in [3.8, 4) is 0 Å². The molecule has 0 aliphatic carbocycles. The molecule has 0 N–H and O–H groups in total. The minimum absolute atomic E-state index is 0.00326. The van der Waals surface area contributed by atoms with E-state index >= 15 is 0 Å². The largest absolute Gasteiger partial charge is 0.368 e. The fourth-order valence-electron chi connectivity index (χ4n) is 4.21. The minimum Gasteiger partial charge on any atom is -0.368 e. The van der Waals surface area contributed by atoms with Crippen molar-refractivity contribution in [2.45, 2.75) is 32.2 Å². The average Bonchev–Trinajstić information content (AvgIpc) is 2.74. The van der Waals surface area contributed by atoms with Crippen LogP contribution in [-0.2, 0) is 0 Å². The van der Waals surface area contributed by atoms with Crippen LogP contribution in [0.2, 0.25) is 0 Å². The van der Waals surface area contributed by atoms with E-state index in [2.05, 4.69) is 21.8 Å². The summed E-state index contributed by atoms with van der Waals surface area (Å²) < 4.78 is 13.2. The summed E-state index contributed by atoms with van der Waals surface area (Å²) in [5, 5.41) is 12.0. The van der Waals surface area contributed by atoms with Crippen molar-refractivity contribution in [1.29, 1.82) is 0 Å². The van der Waals surface area contributed by atoms with Crippen molar-refractivity contribution < 1.29 is 9.31 Å². The van der Waals surface area contributed by atoms with Gasteiger partial charge in [-0.25, -0.2) is 14.4 Å². The lowest BCUT2D eigenvalue weighted by Gasteiger charge is -2.37. The summed E-state index contributed by atoms with van der Waals surface area (Å²) in [4.78, 5) is 26.4. The molecule has 29 heavy (non-hydrogen) atoms. The molecule has 0 spiro atoms. The molecule has 2 aromatic rings. The number of anilines is 3. The minimum atomic E-state index is -0.349. The Balaban J connectivity index is 1.56. The van der Waals surface area contributed by atoms with Crippen LogP contribution in [0.25, 0.3) is 0 Å². The number of halogens is 1. The molecular formula is C20H25FN6O2. The van der Waals surface area contributed by atoms with Gasteiger partial charge in [-0.2, -0.15) is 0 Å². The van der Waals surface area contributed by atoms with Crippen molar-refractivity contribution in [2.24, 2.45) is 0 Å². The second-order valence-corrected chi connectivity index (χ2v) is 7.62. The zero-order valence-electron chi connectivity index (χ0n) is 16.5. The van der Waals surface area contributed by atoms with Crippen molar-refractivity contribution >= 4 is 23.0 Å². The van der Waals surface area contributed by atoms with Crippen LogP contribution < -0.4 is 14.7 Å². The van der Waals surface area contributed by atoms with E-state index in [0.717, 1.165) is 31.5 Å². The molecule has 2 saturated heterocycles. The fraction of sp³-hybridized carbons (Fsp3) is 0.500. The summed E-state index contributed by atoms with van der Waals surface area (Å²) in [5.41, 5.74) is 0.947. The van der Waals surface area contributed by atoms with Crippen molar-refractivity contribution in [3.05, 3.63) is 46.5 Å². The third kappa shape index (κ3) is 3.94. The maximum Gasteiger partial charge on any atom is 0.353 e. The van der Waals surface area contributed by atoms with Gasteiger partial charge < -0.3 is 14.7 Å². The maximum atomic E-state index is 13.2. The number of nitro groups is 1. The van der Waals surface area contributed by atoms with Gasteiger partial charge in [0.1, 0.15) is 12.1 Å². The molecule has 0 bridgehead atoms. The Morgan fingerprint density at radius 2 is 1.66 bits per heavy atom. The van der Waals surface area contributed by atoms with E-state index in [1.807, 2.05) is 9.80 Å². The molecule has 9 heteroatoms. The summed E-state index contributed by atoms with van der Waals surface area (Å²) in [7, 11) is 0. The zero-order valence-corrected chi connectivity index (χ0v) is 16.5. The summed E-state index contributed by atoms with van der Waals surface area (Å²) in [6, 6.07) is 6.63. The standard InChI is InChI=1S/C20H25FN6O2/c1-15-4-2-3-9-26(15)20-18(27(28)29)19(22-14-23-20)25-12-10-24(11-13-25)17-7-5-16(21)6-8-17/h5-8,14-15H,2-4,9-13H2,1H3. The Labute approximate surface area is 169 Å². The molecule has 4 rings (SSSR count). The Morgan fingerprint density at radius 1 is 1.00 bits per heavy atom. The number of nitrogens with zero attached hydrogens (tertiary/aromatic N) is 6. The first-order valence-corrected chi connectivity index (χ1v) is 10.1. The van der Waals surface area contributed by atoms with Gasteiger partial charge in [0.15, 0.2) is 0 Å². The molecule has 2 fully saturated rings. The molecule has 154 valence electrons. The Bertz CT molecular complexity index is 870. The lowest BCUT2D eigenvalue weighted by Crippen LogP contribution is -2.47. The van der Waals surface area contributed by atoms with Gasteiger partial charge in [-0.1, -0.05) is 0 Å². The van der Waals surface area contributed by atoms with E-state index in [4.69, 9.17) is 0 Å². The van der Waals surface area contributed by atoms with Gasteiger partial charge in [0, 0.05) is 44.5 Å². The number of piperidine rings is 1. The second kappa shape index (κ2) is 8.18. The van der Waals surface area contributed by atoms with E-state index in [0.29, 0.717) is 37.8 Å². The van der Waals surface area contributed by atoms with Gasteiger partial charge in [0.25, 0.3) is 0 Å². The quantitative estimate of drug-likeness (QED) is 0.576. The number of hydrogen-bond acceptors (Lipinski definition) is 7. The summed E-state index contributed by atoms with van der Waals surface area (Å²) in [5.74, 6) is 0.549. The van der Waals surface area contributed by atoms with E-state index in [-0.39, 0.29) is 22.5 Å². The normalized spacial score (nSPS) is 20.1. The Kier molecular flexibility index (Phi) is 5.46. The first kappa shape index (κ1) is 19.4. The average molecular weight is 400 g/mol. The van der Waals surface area contributed by atoms with Crippen LogP contribution in [0.4, 0.5) is 27.4 Å². The van der Waals surface area contributed by atoms with Gasteiger partial charge in [-0.15, -0.1) is 0 Å². The number of aromatic nitrogens is 2. The first-order chi connectivity index (χ1) is 14.0. The molecule has 1 aromatic heterocycles. The predicted molar refractivity (Wildman–Crippen MR) is 110 cm³/mol. The molecule has 2 aliphatic heterocycles. The van der Waals surface area contributed by atoms with Crippen molar-refractivity contribution in [3.63, 3.8) is 0 Å². The number of hydrogen-bond donors (Lipinski definition) is 0. The molecule has 2 aliphatic rings. The number of benzene rings is 1. The highest BCUT2D eigenvalue weighted by Gasteiger charge is 2.33. The van der Waals surface area contributed by atoms with Gasteiger partial charge in [-0.3, -0.25) is 10.1 Å². The SMILES string of the molecule is CC1CCCCN1c1ncnc(N2CCN(c3ccc(F)cc3)CC2)c1[N+](=O)[O-]. The third-order valence-corrected chi connectivity index (χ3v) is 5.81. The molecule has 0 radical (unpaired) electrons. The van der Waals surface area contributed by atoms with Gasteiger partial charge >= 0.3 is 5.69 Å². The third-order valence-electron chi connectivity index (χ3n) is 5.81. The van der Waals surface area contributed by atoms with Crippen LogP contribution in [0.15, 0.2) is 30.6 Å². The number of piperazine rings is 1. The monoisotopic (exact) mass is 400 g/mol. The lowest BCUT2D eigenvalue weighted by atomic mass is 10.0. The van der Waals surface area contributed by atoms with E-state index in [9.17, 15) is 14.5 Å². The highest BCUT2D eigenvalue weighted by molar-refractivity contribution is 5.72. The molecular weight excluding hydrogens is 375 g/mol. The van der Waals surface area contributed by atoms with Crippen LogP contribution in [0.5, 0.6) is 0 Å². The molecule has 0 amide bonds. The van der Waals surface area contributed by atoms with Crippen molar-refractivity contribution in [1.82, 2.24) is 9.97 Å². The van der Waals surface area contributed by atoms with E-state index < -0.39 is 0 Å². The number of rotatable bonds is 4. The van der Waals surface area contributed by atoms with Crippen LogP contribution in [0.3, 0.4) is 0 Å². The fourth-order valence-corrected chi connectivity index (χ4v) is 4.21. The van der Waals surface area contributed by atoms with Gasteiger partial charge in [-0.05, 0) is 50.5 Å². The Morgan fingerprint density at radius 3 is 2.31 bits per heavy atom.